The minimum absolute atomic E-state index is 0.000930. The summed E-state index contributed by atoms with van der Waals surface area (Å²) in [5.74, 6) is -1.87. The number of carbonyl (C=O) groups excluding carboxylic acids is 5. The zero-order valence-electron chi connectivity index (χ0n) is 29.4. The van der Waals surface area contributed by atoms with Crippen LogP contribution in [0.3, 0.4) is 0 Å². The van der Waals surface area contributed by atoms with E-state index >= 15 is 0 Å². The van der Waals surface area contributed by atoms with E-state index in [4.69, 9.17) is 18.9 Å². The lowest BCUT2D eigenvalue weighted by atomic mass is 9.87. The van der Waals surface area contributed by atoms with Gasteiger partial charge in [0.05, 0.1) is 26.4 Å². The van der Waals surface area contributed by atoms with Crippen LogP contribution in [0.1, 0.15) is 53.0 Å². The van der Waals surface area contributed by atoms with Crippen molar-refractivity contribution in [3.8, 4) is 0 Å². The van der Waals surface area contributed by atoms with E-state index in [2.05, 4.69) is 14.8 Å². The lowest BCUT2D eigenvalue weighted by Gasteiger charge is -2.32. The van der Waals surface area contributed by atoms with Crippen molar-refractivity contribution in [2.24, 2.45) is 17.8 Å². The maximum Gasteiger partial charge on any atom is 0.417 e. The molecule has 15 heteroatoms. The maximum absolute atomic E-state index is 14.7. The standard InChI is InChI=1S/C34H48FN3O11/c1-18-10-22(5)30(39)36-25-16-23(15-24(35)17-25)11-19(2)12-26(44-6)28(45-7)20(3)14-21(4)29(49-34(43)38-32(41)47-9)27(13-18)48-33(42)37-31(40)46-8/h10,14-20,26-29H,11-13H2,1-9H3,(H,36,39)(H,37,40,42)(H,38,41,43)/b21-14+,22-10+/t18-,19-,20+,26+,27+,28-,29+/m1/s1. The number of amides is 5. The maximum atomic E-state index is 14.7. The average molecular weight is 694 g/mol. The van der Waals surface area contributed by atoms with Gasteiger partial charge in [-0.2, -0.15) is 0 Å². The van der Waals surface area contributed by atoms with Gasteiger partial charge in [-0.05, 0) is 74.3 Å². The van der Waals surface area contributed by atoms with Gasteiger partial charge in [0, 0.05) is 31.4 Å². The third kappa shape index (κ3) is 13.1. The molecule has 2 bridgehead atoms. The first-order chi connectivity index (χ1) is 23.1. The summed E-state index contributed by atoms with van der Waals surface area (Å²) in [6.45, 7) is 8.80. The third-order valence-corrected chi connectivity index (χ3v) is 7.97. The van der Waals surface area contributed by atoms with Crippen molar-refractivity contribution >= 4 is 36.0 Å². The Balaban J connectivity index is 2.71. The fourth-order valence-electron chi connectivity index (χ4n) is 5.84. The number of ether oxygens (including phenoxy) is 6. The zero-order chi connectivity index (χ0) is 36.8. The van der Waals surface area contributed by atoms with Crippen LogP contribution in [-0.4, -0.2) is 83.1 Å². The van der Waals surface area contributed by atoms with Crippen molar-refractivity contribution in [1.82, 2.24) is 10.6 Å². The highest BCUT2D eigenvalue weighted by atomic mass is 19.1. The molecule has 2 rings (SSSR count). The van der Waals surface area contributed by atoms with Crippen molar-refractivity contribution < 1.29 is 56.8 Å². The summed E-state index contributed by atoms with van der Waals surface area (Å²) in [5, 5.41) is 6.56. The van der Waals surface area contributed by atoms with Gasteiger partial charge in [0.15, 0.2) is 6.10 Å². The molecule has 7 atom stereocenters. The fraction of sp³-hybridized carbons (Fsp3) is 0.559. The summed E-state index contributed by atoms with van der Waals surface area (Å²) in [5.41, 5.74) is 1.65. The molecule has 1 heterocycles. The van der Waals surface area contributed by atoms with Crippen molar-refractivity contribution in [3.05, 3.63) is 52.9 Å². The number of anilines is 1. The molecule has 0 aromatic heterocycles. The Bertz CT molecular complexity index is 1400. The van der Waals surface area contributed by atoms with Crippen LogP contribution in [-0.2, 0) is 39.6 Å². The first kappa shape index (κ1) is 40.7. The summed E-state index contributed by atoms with van der Waals surface area (Å²) < 4.78 is 46.7. The van der Waals surface area contributed by atoms with E-state index in [0.717, 1.165) is 14.2 Å². The van der Waals surface area contributed by atoms with E-state index in [1.165, 1.54) is 19.2 Å². The molecule has 0 fully saturated rings. The molecule has 0 aliphatic carbocycles. The van der Waals surface area contributed by atoms with Crippen molar-refractivity contribution in [1.29, 1.82) is 0 Å². The zero-order valence-corrected chi connectivity index (χ0v) is 29.4. The molecule has 0 saturated heterocycles. The molecule has 49 heavy (non-hydrogen) atoms. The number of hydrogen-bond donors (Lipinski definition) is 3. The number of benzene rings is 1. The summed E-state index contributed by atoms with van der Waals surface area (Å²) >= 11 is 0. The van der Waals surface area contributed by atoms with Gasteiger partial charge < -0.3 is 33.7 Å². The number of carbonyl (C=O) groups is 5. The number of imide groups is 2. The van der Waals surface area contributed by atoms with Gasteiger partial charge in [0.1, 0.15) is 11.9 Å². The van der Waals surface area contributed by atoms with Crippen LogP contribution in [0.15, 0.2) is 41.5 Å². The van der Waals surface area contributed by atoms with E-state index < -0.39 is 66.4 Å². The Hall–Kier alpha value is -4.50. The number of hydrogen-bond acceptors (Lipinski definition) is 11. The highest BCUT2D eigenvalue weighted by molar-refractivity contribution is 6.03. The highest BCUT2D eigenvalue weighted by Crippen LogP contribution is 2.28. The van der Waals surface area contributed by atoms with Crippen LogP contribution in [0, 0.1) is 23.6 Å². The van der Waals surface area contributed by atoms with E-state index in [-0.39, 0.29) is 29.5 Å². The monoisotopic (exact) mass is 693 g/mol. The second-order valence-corrected chi connectivity index (χ2v) is 12.2. The summed E-state index contributed by atoms with van der Waals surface area (Å²) in [7, 11) is 5.22. The molecule has 1 aliphatic heterocycles. The largest absolute Gasteiger partial charge is 0.453 e. The Morgan fingerprint density at radius 3 is 1.98 bits per heavy atom. The molecule has 0 saturated carbocycles. The van der Waals surface area contributed by atoms with Crippen molar-refractivity contribution in [2.75, 3.05) is 33.8 Å². The first-order valence-corrected chi connectivity index (χ1v) is 15.7. The van der Waals surface area contributed by atoms with E-state index in [0.29, 0.717) is 24.0 Å². The number of methoxy groups -OCH3 is 4. The van der Waals surface area contributed by atoms with Gasteiger partial charge in [-0.25, -0.2) is 34.2 Å². The highest BCUT2D eigenvalue weighted by Gasteiger charge is 2.35. The minimum atomic E-state index is -1.32. The molecule has 0 spiro atoms. The first-order valence-electron chi connectivity index (χ1n) is 15.7. The van der Waals surface area contributed by atoms with E-state index in [9.17, 15) is 28.4 Å². The molecule has 1 aliphatic rings. The number of halogens is 1. The summed E-state index contributed by atoms with van der Waals surface area (Å²) in [6, 6.07) is 4.37. The Kier molecular flexibility index (Phi) is 16.2. The normalized spacial score (nSPS) is 27.6. The average Bonchev–Trinajstić information content (AvgIpc) is 3.01. The third-order valence-electron chi connectivity index (χ3n) is 7.97. The minimum Gasteiger partial charge on any atom is -0.453 e. The molecule has 3 N–H and O–H groups in total. The van der Waals surface area contributed by atoms with Crippen LogP contribution < -0.4 is 16.0 Å². The molecule has 0 unspecified atom stereocenters. The van der Waals surface area contributed by atoms with Gasteiger partial charge in [0.2, 0.25) is 0 Å². The Morgan fingerprint density at radius 2 is 1.41 bits per heavy atom. The lowest BCUT2D eigenvalue weighted by Crippen LogP contribution is -2.44. The molecule has 5 amide bonds. The lowest BCUT2D eigenvalue weighted by molar-refractivity contribution is -0.112. The molecule has 1 aromatic rings. The van der Waals surface area contributed by atoms with Crippen LogP contribution in [0.2, 0.25) is 0 Å². The van der Waals surface area contributed by atoms with Crippen LogP contribution in [0.5, 0.6) is 0 Å². The van der Waals surface area contributed by atoms with Gasteiger partial charge in [-0.1, -0.05) is 32.9 Å². The second kappa shape index (κ2) is 19.5. The summed E-state index contributed by atoms with van der Waals surface area (Å²) in [6.07, 6.45) is -3.76. The van der Waals surface area contributed by atoms with Crippen molar-refractivity contribution in [3.63, 3.8) is 0 Å². The molecular weight excluding hydrogens is 645 g/mol. The van der Waals surface area contributed by atoms with E-state index in [1.54, 1.807) is 46.1 Å². The van der Waals surface area contributed by atoms with E-state index in [1.807, 2.05) is 24.5 Å². The fourth-order valence-corrected chi connectivity index (χ4v) is 5.84. The predicted molar refractivity (Wildman–Crippen MR) is 176 cm³/mol. The number of rotatable bonds is 4. The van der Waals surface area contributed by atoms with Gasteiger partial charge in [0.25, 0.3) is 5.91 Å². The number of alkyl carbamates (subject to hydrolysis) is 4. The van der Waals surface area contributed by atoms with Gasteiger partial charge in [-0.15, -0.1) is 0 Å². The molecule has 1 aromatic carbocycles. The quantitative estimate of drug-likeness (QED) is 0.262. The van der Waals surface area contributed by atoms with Crippen LogP contribution in [0.4, 0.5) is 29.3 Å². The molecular formula is C34H48FN3O11. The second-order valence-electron chi connectivity index (χ2n) is 12.2. The topological polar surface area (TPSA) is 177 Å². The molecule has 272 valence electrons. The van der Waals surface area contributed by atoms with Crippen LogP contribution in [0.25, 0.3) is 0 Å². The van der Waals surface area contributed by atoms with Crippen LogP contribution >= 0.6 is 0 Å². The SMILES string of the molecule is COC(=O)NC(=O)O[C@H]1C[C@H](C)/C=C(\C)C(=O)Nc2cc(F)cc(c2)C[C@@H](C)C[C@H](OC)[C@H](OC)[C@@H](C)/C=C(\C)[C@@H]1OC(=O)NC(=O)OC. The molecule has 0 radical (unpaired) electrons. The number of fused-ring (bicyclic) bond motifs is 2. The van der Waals surface area contributed by atoms with Gasteiger partial charge >= 0.3 is 24.4 Å². The summed E-state index contributed by atoms with van der Waals surface area (Å²) in [4.78, 5) is 62.4. The Morgan fingerprint density at radius 1 is 0.796 bits per heavy atom. The number of nitrogens with one attached hydrogen (secondary N) is 3. The number of allylic oxidation sites excluding steroid dienone is 1. The Labute approximate surface area is 286 Å². The van der Waals surface area contributed by atoms with Gasteiger partial charge in [-0.3, -0.25) is 4.79 Å². The predicted octanol–water partition coefficient (Wildman–Crippen LogP) is 5.65. The molecule has 14 nitrogen and oxygen atoms in total. The smallest absolute Gasteiger partial charge is 0.417 e. The van der Waals surface area contributed by atoms with Crippen molar-refractivity contribution in [2.45, 2.75) is 78.3 Å².